The topological polar surface area (TPSA) is 237 Å². The number of esters is 4. The van der Waals surface area contributed by atoms with Crippen LogP contribution >= 0.6 is 15.6 Å². The molecule has 19 heteroatoms. The van der Waals surface area contributed by atoms with E-state index in [0.29, 0.717) is 25.7 Å². The Labute approximate surface area is 517 Å². The Hall–Kier alpha value is -1.94. The highest BCUT2D eigenvalue weighted by atomic mass is 31.2. The van der Waals surface area contributed by atoms with Crippen molar-refractivity contribution in [3.05, 3.63) is 0 Å². The van der Waals surface area contributed by atoms with E-state index < -0.39 is 97.5 Å². The summed E-state index contributed by atoms with van der Waals surface area (Å²) in [6, 6.07) is 0. The smallest absolute Gasteiger partial charge is 0.462 e. The molecule has 0 radical (unpaired) electrons. The predicted molar refractivity (Wildman–Crippen MR) is 340 cm³/mol. The Morgan fingerprint density at radius 1 is 0.329 bits per heavy atom. The first-order valence-electron chi connectivity index (χ1n) is 34.3. The monoisotopic (exact) mass is 1250 g/mol. The van der Waals surface area contributed by atoms with Crippen molar-refractivity contribution in [3.63, 3.8) is 0 Å². The van der Waals surface area contributed by atoms with Crippen molar-refractivity contribution in [2.75, 3.05) is 39.6 Å². The van der Waals surface area contributed by atoms with Crippen LogP contribution in [0.2, 0.25) is 0 Å². The molecule has 0 saturated heterocycles. The van der Waals surface area contributed by atoms with Crippen LogP contribution in [0.4, 0.5) is 0 Å². The molecule has 0 saturated carbocycles. The average molecular weight is 1260 g/mol. The van der Waals surface area contributed by atoms with Crippen molar-refractivity contribution in [3.8, 4) is 0 Å². The summed E-state index contributed by atoms with van der Waals surface area (Å²) in [7, 11) is -9.89. The third-order valence-electron chi connectivity index (χ3n) is 16.2. The second-order valence-electron chi connectivity index (χ2n) is 25.1. The van der Waals surface area contributed by atoms with Crippen LogP contribution in [0, 0.1) is 23.7 Å². The molecule has 8 atom stereocenters. The quantitative estimate of drug-likeness (QED) is 0.0222. The van der Waals surface area contributed by atoms with Crippen molar-refractivity contribution in [2.24, 2.45) is 23.7 Å². The van der Waals surface area contributed by atoms with Crippen LogP contribution < -0.4 is 0 Å². The molecule has 0 rings (SSSR count). The Kier molecular flexibility index (Phi) is 54.8. The first-order chi connectivity index (χ1) is 40.7. The number of ether oxygens (including phenoxy) is 4. The molecule has 0 bridgehead atoms. The minimum atomic E-state index is -4.95. The van der Waals surface area contributed by atoms with Crippen LogP contribution in [-0.2, 0) is 65.4 Å². The van der Waals surface area contributed by atoms with Gasteiger partial charge >= 0.3 is 39.5 Å². The molecule has 5 unspecified atom stereocenters. The lowest BCUT2D eigenvalue weighted by Crippen LogP contribution is -2.30. The number of hydrogen-bond donors (Lipinski definition) is 3. The number of phosphoric acid groups is 2. The van der Waals surface area contributed by atoms with Crippen LogP contribution in [0.3, 0.4) is 0 Å². The molecule has 0 heterocycles. The van der Waals surface area contributed by atoms with E-state index in [1.165, 1.54) is 116 Å². The third-order valence-corrected chi connectivity index (χ3v) is 18.1. The molecule has 0 aromatic heterocycles. The van der Waals surface area contributed by atoms with Gasteiger partial charge in [0.2, 0.25) is 0 Å². The maximum absolute atomic E-state index is 13.0. The molecule has 85 heavy (non-hydrogen) atoms. The molecule has 0 aromatic rings. The van der Waals surface area contributed by atoms with Crippen LogP contribution in [0.25, 0.3) is 0 Å². The van der Waals surface area contributed by atoms with Crippen molar-refractivity contribution in [1.82, 2.24) is 0 Å². The number of phosphoric ester groups is 2. The van der Waals surface area contributed by atoms with E-state index in [9.17, 15) is 43.2 Å². The van der Waals surface area contributed by atoms with Gasteiger partial charge in [-0.2, -0.15) is 0 Å². The second-order valence-corrected chi connectivity index (χ2v) is 28.0. The largest absolute Gasteiger partial charge is 0.472 e. The molecule has 0 amide bonds. The zero-order valence-corrected chi connectivity index (χ0v) is 57.0. The van der Waals surface area contributed by atoms with Crippen LogP contribution in [0.5, 0.6) is 0 Å². The van der Waals surface area contributed by atoms with Gasteiger partial charge < -0.3 is 33.8 Å². The van der Waals surface area contributed by atoms with E-state index in [-0.39, 0.29) is 25.7 Å². The summed E-state index contributed by atoms with van der Waals surface area (Å²) >= 11 is 0. The predicted octanol–water partition coefficient (Wildman–Crippen LogP) is 18.1. The summed E-state index contributed by atoms with van der Waals surface area (Å²) in [6.07, 6.45) is 36.2. The Morgan fingerprint density at radius 3 is 0.835 bits per heavy atom. The van der Waals surface area contributed by atoms with E-state index in [0.717, 1.165) is 120 Å². The van der Waals surface area contributed by atoms with E-state index in [1.54, 1.807) is 0 Å². The van der Waals surface area contributed by atoms with Gasteiger partial charge in [0.1, 0.15) is 19.3 Å². The van der Waals surface area contributed by atoms with Crippen molar-refractivity contribution in [2.45, 2.75) is 337 Å². The fourth-order valence-electron chi connectivity index (χ4n) is 9.69. The normalized spacial score (nSPS) is 15.3. The van der Waals surface area contributed by atoms with Crippen molar-refractivity contribution in [1.29, 1.82) is 0 Å². The number of aliphatic hydroxyl groups is 1. The van der Waals surface area contributed by atoms with Gasteiger partial charge in [-0.05, 0) is 49.4 Å². The fraction of sp³-hybridized carbons (Fsp3) is 0.939. The maximum atomic E-state index is 13.0. The molecule has 0 aliphatic rings. The lowest BCUT2D eigenvalue weighted by atomic mass is 9.99. The SMILES string of the molecule is CCC(C)CCCCCCCCCCCCC(=O)O[C@H](COC(=O)CCCCCCCCC(C)CC)COP(=O)(O)OC[C@H](O)COP(=O)(O)OC[C@@H](COC(=O)CCCCCCCCCCC(C)C)OC(=O)CCCCCCCCC(C)CC. The van der Waals surface area contributed by atoms with Gasteiger partial charge in [-0.25, -0.2) is 9.13 Å². The van der Waals surface area contributed by atoms with Gasteiger partial charge in [-0.3, -0.25) is 37.3 Å². The number of carbonyl (C=O) groups is 4. The number of unbranched alkanes of at least 4 members (excludes halogenated alkanes) is 26. The van der Waals surface area contributed by atoms with Gasteiger partial charge in [0, 0.05) is 25.7 Å². The molecule has 0 spiro atoms. The molecule has 3 N–H and O–H groups in total. The van der Waals surface area contributed by atoms with Crippen LogP contribution in [-0.4, -0.2) is 96.7 Å². The summed E-state index contributed by atoms with van der Waals surface area (Å²) in [5.74, 6) is 0.841. The fourth-order valence-corrected chi connectivity index (χ4v) is 11.3. The van der Waals surface area contributed by atoms with Gasteiger partial charge in [-0.1, -0.05) is 267 Å². The minimum Gasteiger partial charge on any atom is -0.462 e. The summed E-state index contributed by atoms with van der Waals surface area (Å²) < 4.78 is 68.1. The Morgan fingerprint density at radius 2 is 0.565 bits per heavy atom. The van der Waals surface area contributed by atoms with Crippen LogP contribution in [0.1, 0.15) is 319 Å². The molecular weight excluding hydrogens is 1130 g/mol. The summed E-state index contributed by atoms with van der Waals surface area (Å²) in [6.45, 7) is 14.0. The lowest BCUT2D eigenvalue weighted by Gasteiger charge is -2.21. The van der Waals surface area contributed by atoms with Crippen molar-refractivity contribution < 1.29 is 80.2 Å². The minimum absolute atomic E-state index is 0.102. The molecule has 17 nitrogen and oxygen atoms in total. The molecule has 0 aliphatic heterocycles. The van der Waals surface area contributed by atoms with E-state index in [4.69, 9.17) is 37.0 Å². The third kappa shape index (κ3) is 57.0. The Bertz CT molecular complexity index is 1700. The number of hydrogen-bond acceptors (Lipinski definition) is 15. The summed E-state index contributed by atoms with van der Waals surface area (Å²) in [4.78, 5) is 72.3. The van der Waals surface area contributed by atoms with E-state index in [2.05, 4.69) is 55.4 Å². The van der Waals surface area contributed by atoms with Gasteiger partial charge in [0.15, 0.2) is 12.2 Å². The number of rotatable bonds is 63. The lowest BCUT2D eigenvalue weighted by molar-refractivity contribution is -0.161. The van der Waals surface area contributed by atoms with Gasteiger partial charge in [0.05, 0.1) is 26.4 Å². The van der Waals surface area contributed by atoms with Gasteiger partial charge in [-0.15, -0.1) is 0 Å². The molecule has 0 aliphatic carbocycles. The summed E-state index contributed by atoms with van der Waals surface area (Å²) in [5.41, 5.74) is 0. The molecule has 0 fully saturated rings. The zero-order chi connectivity index (χ0) is 63.2. The Balaban J connectivity index is 5.26. The first-order valence-corrected chi connectivity index (χ1v) is 37.3. The number of aliphatic hydroxyl groups excluding tert-OH is 1. The number of carbonyl (C=O) groups excluding carboxylic acids is 4. The molecule has 0 aromatic carbocycles. The molecular formula is C66H128O17P2. The second kappa shape index (κ2) is 56.1. The highest BCUT2D eigenvalue weighted by molar-refractivity contribution is 7.47. The van der Waals surface area contributed by atoms with Crippen LogP contribution in [0.15, 0.2) is 0 Å². The molecule has 504 valence electrons. The highest BCUT2D eigenvalue weighted by Crippen LogP contribution is 2.45. The van der Waals surface area contributed by atoms with E-state index >= 15 is 0 Å². The highest BCUT2D eigenvalue weighted by Gasteiger charge is 2.30. The summed E-state index contributed by atoms with van der Waals surface area (Å²) in [5, 5.41) is 10.6. The average Bonchev–Trinajstić information content (AvgIpc) is 3.49. The zero-order valence-electron chi connectivity index (χ0n) is 55.2. The van der Waals surface area contributed by atoms with E-state index in [1.807, 2.05) is 0 Å². The maximum Gasteiger partial charge on any atom is 0.472 e. The van der Waals surface area contributed by atoms with Gasteiger partial charge in [0.25, 0.3) is 0 Å². The van der Waals surface area contributed by atoms with Crippen molar-refractivity contribution >= 4 is 39.5 Å². The first kappa shape index (κ1) is 83.1. The standard InChI is InChI=1S/C66H128O17P2/c1-9-57(6)43-35-27-19-14-12-13-15-21-32-40-48-65(70)82-61(53-77-64(69)47-39-31-24-22-28-36-44-58(7)10-2)54-80-84(72,73)78-50-60(67)51-79-85(74,75)81-55-62(83-66(71)49-41-33-25-23-29-37-45-59(8)11-3)52-76-63(68)46-38-30-20-17-16-18-26-34-42-56(4)5/h56-62,67H,9-55H2,1-8H3,(H,72,73)(H,74,75)/t57?,58?,59?,60-,61+,62+/m0/s1.